The van der Waals surface area contributed by atoms with Crippen molar-refractivity contribution in [2.75, 3.05) is 17.2 Å². The predicted octanol–water partition coefficient (Wildman–Crippen LogP) is 6.72. The van der Waals surface area contributed by atoms with Crippen LogP contribution in [0.25, 0.3) is 0 Å². The molecular weight excluding hydrogens is 441 g/mol. The minimum Gasteiger partial charge on any atom is -0.384 e. The van der Waals surface area contributed by atoms with Crippen molar-refractivity contribution in [1.29, 1.82) is 0 Å². The smallest absolute Gasteiger partial charge is 0.384 e. The molecule has 0 atom stereocenters. The molecule has 1 amide bonds. The third-order valence-corrected chi connectivity index (χ3v) is 5.47. The Morgan fingerprint density at radius 1 is 0.906 bits per heavy atom. The van der Waals surface area contributed by atoms with E-state index >= 15 is 0 Å². The van der Waals surface area contributed by atoms with E-state index in [1.807, 2.05) is 27.7 Å². The maximum absolute atomic E-state index is 12.8. The van der Waals surface area contributed by atoms with Gasteiger partial charge in [0.15, 0.2) is 0 Å². The van der Waals surface area contributed by atoms with Crippen molar-refractivity contribution < 1.29 is 26.4 Å². The Bertz CT molecular complexity index is 988. The number of rotatable bonds is 5. The first-order chi connectivity index (χ1) is 14.9. The quantitative estimate of drug-likeness (QED) is 0.504. The Morgan fingerprint density at radius 3 is 1.94 bits per heavy atom. The molecule has 0 bridgehead atoms. The molecule has 0 radical (unpaired) electrons. The molecule has 2 rings (SSSR count). The normalized spacial score (nSPS) is 10.8. The van der Waals surface area contributed by atoms with E-state index in [0.29, 0.717) is 17.8 Å². The highest BCUT2D eigenvalue weighted by Gasteiger charge is 2.47. The van der Waals surface area contributed by atoms with Gasteiger partial charge in [0.2, 0.25) is 0 Å². The summed E-state index contributed by atoms with van der Waals surface area (Å²) < 4.78 is 61.8. The van der Waals surface area contributed by atoms with Crippen LogP contribution < -0.4 is 10.6 Å². The number of alkyl halides is 3. The van der Waals surface area contributed by atoms with Crippen molar-refractivity contribution in [3.8, 4) is 0 Å². The predicted molar refractivity (Wildman–Crippen MR) is 125 cm³/mol. The number of benzene rings is 2. The minimum atomic E-state index is -5.52. The second-order valence-corrected chi connectivity index (χ2v) is 8.59. The van der Waals surface area contributed by atoms with Crippen LogP contribution in [0, 0.1) is 13.8 Å². The van der Waals surface area contributed by atoms with Gasteiger partial charge >= 0.3 is 5.51 Å². The lowest BCUT2D eigenvalue weighted by atomic mass is 10.1. The van der Waals surface area contributed by atoms with Crippen LogP contribution in [0.5, 0.6) is 0 Å². The molecule has 180 valence electrons. The number of nitrogens with one attached hydrogen (secondary N) is 2. The molecule has 0 aliphatic heterocycles. The van der Waals surface area contributed by atoms with E-state index in [1.54, 1.807) is 25.1 Å². The Hall–Kier alpha value is -2.55. The average Bonchev–Trinajstić information content (AvgIpc) is 2.72. The molecule has 0 saturated heterocycles. The van der Waals surface area contributed by atoms with Gasteiger partial charge < -0.3 is 10.6 Å². The average molecular weight is 475 g/mol. The molecule has 9 heteroatoms. The van der Waals surface area contributed by atoms with E-state index in [-0.39, 0.29) is 5.69 Å². The number of sulfone groups is 1. The molecule has 2 N–H and O–H groups in total. The van der Waals surface area contributed by atoms with E-state index in [1.165, 1.54) is 12.5 Å². The second-order valence-electron chi connectivity index (χ2n) is 6.65. The molecule has 5 nitrogen and oxygen atoms in total. The molecule has 0 aliphatic rings. The van der Waals surface area contributed by atoms with Gasteiger partial charge in [0.25, 0.3) is 15.7 Å². The summed E-state index contributed by atoms with van der Waals surface area (Å²) in [6.45, 7) is 14.1. The summed E-state index contributed by atoms with van der Waals surface area (Å²) in [7, 11) is -5.52. The van der Waals surface area contributed by atoms with Crippen LogP contribution in [0.15, 0.2) is 41.3 Å². The molecule has 2 aromatic carbocycles. The lowest BCUT2D eigenvalue weighted by Gasteiger charge is -2.15. The highest BCUT2D eigenvalue weighted by atomic mass is 32.2. The number of hydrogen-bond acceptors (Lipinski definition) is 4. The van der Waals surface area contributed by atoms with E-state index in [2.05, 4.69) is 24.5 Å². The van der Waals surface area contributed by atoms with Crippen LogP contribution in [0.1, 0.15) is 62.5 Å². The van der Waals surface area contributed by atoms with Crippen LogP contribution in [-0.4, -0.2) is 26.4 Å². The zero-order valence-corrected chi connectivity index (χ0v) is 20.5. The molecule has 32 heavy (non-hydrogen) atoms. The Balaban J connectivity index is 0.00000177. The first-order valence-electron chi connectivity index (χ1n) is 10.5. The van der Waals surface area contributed by atoms with Gasteiger partial charge in [0.05, 0.1) is 16.3 Å². The Labute approximate surface area is 189 Å². The van der Waals surface area contributed by atoms with Crippen molar-refractivity contribution in [3.05, 3.63) is 53.1 Å². The van der Waals surface area contributed by atoms with Crippen LogP contribution in [0.3, 0.4) is 0 Å². The largest absolute Gasteiger partial charge is 0.501 e. The molecule has 0 unspecified atom stereocenters. The van der Waals surface area contributed by atoms with E-state index in [0.717, 1.165) is 23.3 Å². The van der Waals surface area contributed by atoms with Crippen LogP contribution in [0.4, 0.5) is 24.5 Å². The molecule has 2 aromatic rings. The van der Waals surface area contributed by atoms with Gasteiger partial charge in [-0.15, -0.1) is 0 Å². The molecule has 0 saturated carbocycles. The zero-order chi connectivity index (χ0) is 25.1. The van der Waals surface area contributed by atoms with Crippen LogP contribution >= 0.6 is 0 Å². The van der Waals surface area contributed by atoms with Crippen molar-refractivity contribution in [1.82, 2.24) is 0 Å². The molecule has 0 heterocycles. The van der Waals surface area contributed by atoms with Crippen molar-refractivity contribution in [2.24, 2.45) is 0 Å². The number of hydrogen-bond donors (Lipinski definition) is 2. The number of amides is 1. The fourth-order valence-electron chi connectivity index (χ4n) is 2.35. The molecule has 0 spiro atoms. The van der Waals surface area contributed by atoms with E-state index in [9.17, 15) is 26.4 Å². The van der Waals surface area contributed by atoms with Gasteiger partial charge in [0, 0.05) is 12.1 Å². The minimum absolute atomic E-state index is 0.0506. The summed E-state index contributed by atoms with van der Waals surface area (Å²) in [5, 5.41) is 5.37. The fraction of sp³-hybridized carbons (Fsp3) is 0.435. The Kier molecular flexibility index (Phi) is 12.1. The maximum Gasteiger partial charge on any atom is 0.501 e. The first-order valence-corrected chi connectivity index (χ1v) is 11.9. The summed E-state index contributed by atoms with van der Waals surface area (Å²) in [5.74, 6) is -0.557. The lowest BCUT2D eigenvalue weighted by molar-refractivity contribution is -0.0436. The van der Waals surface area contributed by atoms with Gasteiger partial charge in [-0.2, -0.15) is 13.2 Å². The second kappa shape index (κ2) is 13.1. The third-order valence-electron chi connectivity index (χ3n) is 3.99. The maximum atomic E-state index is 12.8. The zero-order valence-electron chi connectivity index (χ0n) is 19.6. The highest BCUT2D eigenvalue weighted by molar-refractivity contribution is 7.92. The van der Waals surface area contributed by atoms with Gasteiger partial charge in [-0.3, -0.25) is 4.79 Å². The standard InChI is InChI=1S/C18H19F3N2O3S.C3H8.C2H6/c1-4-22-15-8-7-14(27(25,26)18(19,20)21)10-16(15)23-17(24)13-6-5-11(2)12(3)9-13;1-3-2;1-2/h5-10,22H,4H2,1-3H3,(H,23,24);3H2,1-2H3;1-2H3. The molecule has 0 aromatic heterocycles. The number of anilines is 2. The van der Waals surface area contributed by atoms with Gasteiger partial charge in [-0.05, 0) is 62.2 Å². The van der Waals surface area contributed by atoms with Crippen LogP contribution in [0.2, 0.25) is 0 Å². The SMILES string of the molecule is CC.CCC.CCNc1ccc(S(=O)(=O)C(F)(F)F)cc1NC(=O)c1ccc(C)c(C)c1. The Morgan fingerprint density at radius 2 is 1.47 bits per heavy atom. The number of halogens is 3. The highest BCUT2D eigenvalue weighted by Crippen LogP contribution is 2.34. The van der Waals surface area contributed by atoms with Crippen molar-refractivity contribution >= 4 is 27.1 Å². The summed E-state index contributed by atoms with van der Waals surface area (Å²) in [4.78, 5) is 11.5. The lowest BCUT2D eigenvalue weighted by Crippen LogP contribution is -2.23. The third kappa shape index (κ3) is 7.85. The topological polar surface area (TPSA) is 75.3 Å². The van der Waals surface area contributed by atoms with E-state index < -0.39 is 26.1 Å². The number of carbonyl (C=O) groups is 1. The number of carbonyl (C=O) groups excluding carboxylic acids is 1. The van der Waals surface area contributed by atoms with Crippen molar-refractivity contribution in [3.63, 3.8) is 0 Å². The van der Waals surface area contributed by atoms with Gasteiger partial charge in [-0.25, -0.2) is 8.42 Å². The summed E-state index contributed by atoms with van der Waals surface area (Å²) in [5.41, 5.74) is -2.99. The monoisotopic (exact) mass is 474 g/mol. The summed E-state index contributed by atoms with van der Waals surface area (Å²) in [6.07, 6.45) is 1.25. The first kappa shape index (κ1) is 29.5. The van der Waals surface area contributed by atoms with Gasteiger partial charge in [-0.1, -0.05) is 40.2 Å². The number of aryl methyl sites for hydroxylation is 2. The summed E-state index contributed by atoms with van der Waals surface area (Å²) >= 11 is 0. The molecular formula is C23H33F3N2O3S. The van der Waals surface area contributed by atoms with Gasteiger partial charge in [0.1, 0.15) is 0 Å². The molecule has 0 fully saturated rings. The van der Waals surface area contributed by atoms with E-state index in [4.69, 9.17) is 0 Å². The van der Waals surface area contributed by atoms with Crippen LogP contribution in [-0.2, 0) is 9.84 Å². The summed E-state index contributed by atoms with van der Waals surface area (Å²) in [6, 6.07) is 7.83. The fourth-order valence-corrected chi connectivity index (χ4v) is 3.14. The molecule has 0 aliphatic carbocycles. The van der Waals surface area contributed by atoms with Crippen molar-refractivity contribution in [2.45, 2.75) is 65.3 Å².